The van der Waals surface area contributed by atoms with Crippen LogP contribution in [0.3, 0.4) is 0 Å². The lowest BCUT2D eigenvalue weighted by molar-refractivity contribution is 0.415. The van der Waals surface area contributed by atoms with Gasteiger partial charge in [0.05, 0.1) is 29.3 Å². The second-order valence-corrected chi connectivity index (χ2v) is 9.47. The van der Waals surface area contributed by atoms with Crippen LogP contribution in [0.15, 0.2) is 82.0 Å². The Morgan fingerprint density at radius 3 is 2.68 bits per heavy atom. The van der Waals surface area contributed by atoms with Crippen molar-refractivity contribution in [2.75, 3.05) is 7.11 Å². The van der Waals surface area contributed by atoms with Gasteiger partial charge in [-0.3, -0.25) is 14.2 Å². The molecule has 0 spiro atoms. The monoisotopic (exact) mass is 488 g/mol. The summed E-state index contributed by atoms with van der Waals surface area (Å²) in [4.78, 5) is 38.9. The fourth-order valence-electron chi connectivity index (χ4n) is 3.64. The molecule has 0 saturated heterocycles. The molecule has 5 aromatic rings. The summed E-state index contributed by atoms with van der Waals surface area (Å²) >= 11 is 2.76. The van der Waals surface area contributed by atoms with Gasteiger partial charge in [0.1, 0.15) is 16.3 Å². The highest BCUT2D eigenvalue weighted by Gasteiger charge is 2.14. The Bertz CT molecular complexity index is 1630. The van der Waals surface area contributed by atoms with Crippen molar-refractivity contribution in [3.8, 4) is 16.2 Å². The Hall–Kier alpha value is -3.69. The molecule has 0 aliphatic rings. The molecule has 0 atom stereocenters. The number of allylic oxidation sites excluding steroid dienone is 1. The number of thioether (sulfide) groups is 1. The number of aromatic amines is 1. The van der Waals surface area contributed by atoms with Gasteiger partial charge < -0.3 is 9.72 Å². The number of methoxy groups -OCH3 is 1. The Morgan fingerprint density at radius 2 is 1.91 bits per heavy atom. The van der Waals surface area contributed by atoms with E-state index in [0.717, 1.165) is 16.2 Å². The first-order valence-corrected chi connectivity index (χ1v) is 12.3. The molecule has 0 fully saturated rings. The number of rotatable bonds is 7. The average molecular weight is 489 g/mol. The second-order valence-electron chi connectivity index (χ2n) is 7.47. The van der Waals surface area contributed by atoms with E-state index in [4.69, 9.17) is 4.74 Å². The number of H-pyrrole nitrogens is 1. The summed E-state index contributed by atoms with van der Waals surface area (Å²) < 4.78 is 7.38. The summed E-state index contributed by atoms with van der Waals surface area (Å²) in [5.41, 5.74) is 1.97. The minimum absolute atomic E-state index is 0.119. The number of para-hydroxylation sites is 1. The molecule has 0 unspecified atom stereocenters. The zero-order valence-corrected chi connectivity index (χ0v) is 19.9. The van der Waals surface area contributed by atoms with E-state index in [1.54, 1.807) is 23.8 Å². The molecule has 7 nitrogen and oxygen atoms in total. The smallest absolute Gasteiger partial charge is 0.268 e. The van der Waals surface area contributed by atoms with Gasteiger partial charge in [-0.15, -0.1) is 17.9 Å². The average Bonchev–Trinajstić information content (AvgIpc) is 3.30. The summed E-state index contributed by atoms with van der Waals surface area (Å²) in [6, 6.07) is 16.9. The van der Waals surface area contributed by atoms with Crippen LogP contribution < -0.4 is 15.9 Å². The summed E-state index contributed by atoms with van der Waals surface area (Å²) in [7, 11) is 1.63. The predicted octanol–water partition coefficient (Wildman–Crippen LogP) is 4.85. The van der Waals surface area contributed by atoms with Crippen molar-refractivity contribution in [1.82, 2.24) is 19.5 Å². The van der Waals surface area contributed by atoms with Gasteiger partial charge in [0, 0.05) is 11.4 Å². The fourth-order valence-corrected chi connectivity index (χ4v) is 5.51. The highest BCUT2D eigenvalue weighted by molar-refractivity contribution is 7.98. The minimum atomic E-state index is -0.180. The Kier molecular flexibility index (Phi) is 6.04. The zero-order valence-electron chi connectivity index (χ0n) is 18.3. The molecule has 1 N–H and O–H groups in total. The van der Waals surface area contributed by atoms with Gasteiger partial charge in [0.15, 0.2) is 5.16 Å². The number of nitrogens with one attached hydrogen (secondary N) is 1. The molecule has 0 bridgehead atoms. The van der Waals surface area contributed by atoms with E-state index in [1.807, 2.05) is 48.5 Å². The topological polar surface area (TPSA) is 89.9 Å². The lowest BCUT2D eigenvalue weighted by Gasteiger charge is -2.11. The number of aromatic nitrogens is 4. The molecular weight excluding hydrogens is 468 g/mol. The summed E-state index contributed by atoms with van der Waals surface area (Å²) in [5.74, 6) is 1.66. The minimum Gasteiger partial charge on any atom is -0.497 e. The largest absolute Gasteiger partial charge is 0.497 e. The maximum Gasteiger partial charge on any atom is 0.268 e. The molecule has 2 aromatic carbocycles. The lowest BCUT2D eigenvalue weighted by Crippen LogP contribution is -2.22. The number of benzene rings is 2. The first-order chi connectivity index (χ1) is 16.6. The van der Waals surface area contributed by atoms with Crippen molar-refractivity contribution in [3.05, 3.63) is 93.8 Å². The molecule has 0 saturated carbocycles. The number of hydrogen-bond donors (Lipinski definition) is 1. The van der Waals surface area contributed by atoms with Crippen LogP contribution in [0, 0.1) is 0 Å². The molecular formula is C25H20N4O3S2. The molecule has 5 rings (SSSR count). The molecule has 0 amide bonds. The number of fused-ring (bicyclic) bond motifs is 2. The maximum atomic E-state index is 12.9. The van der Waals surface area contributed by atoms with Crippen molar-refractivity contribution in [2.24, 2.45) is 0 Å². The molecule has 3 aromatic heterocycles. The Morgan fingerprint density at radius 1 is 1.12 bits per heavy atom. The van der Waals surface area contributed by atoms with Crippen LogP contribution in [0.1, 0.15) is 5.82 Å². The van der Waals surface area contributed by atoms with Gasteiger partial charge in [-0.05, 0) is 48.0 Å². The zero-order chi connectivity index (χ0) is 23.7. The van der Waals surface area contributed by atoms with Gasteiger partial charge in [0.25, 0.3) is 11.1 Å². The molecule has 34 heavy (non-hydrogen) atoms. The third kappa shape index (κ3) is 4.15. The van der Waals surface area contributed by atoms with Crippen LogP contribution >= 0.6 is 23.1 Å². The van der Waals surface area contributed by atoms with E-state index in [2.05, 4.69) is 21.5 Å². The van der Waals surface area contributed by atoms with E-state index in [-0.39, 0.29) is 11.1 Å². The summed E-state index contributed by atoms with van der Waals surface area (Å²) in [6.45, 7) is 4.10. The molecule has 0 radical (unpaired) electrons. The van der Waals surface area contributed by atoms with E-state index < -0.39 is 0 Å². The van der Waals surface area contributed by atoms with Crippen molar-refractivity contribution < 1.29 is 4.74 Å². The van der Waals surface area contributed by atoms with E-state index in [9.17, 15) is 9.59 Å². The number of ether oxygens (including phenoxy) is 1. The van der Waals surface area contributed by atoms with Crippen LogP contribution in [0.2, 0.25) is 0 Å². The van der Waals surface area contributed by atoms with Crippen molar-refractivity contribution >= 4 is 44.2 Å². The lowest BCUT2D eigenvalue weighted by atomic mass is 10.2. The van der Waals surface area contributed by atoms with Crippen LogP contribution in [0.5, 0.6) is 5.75 Å². The van der Waals surface area contributed by atoms with Crippen LogP contribution in [-0.4, -0.2) is 26.6 Å². The Balaban J connectivity index is 1.47. The van der Waals surface area contributed by atoms with E-state index in [0.29, 0.717) is 44.4 Å². The highest BCUT2D eigenvalue weighted by Crippen LogP contribution is 2.32. The summed E-state index contributed by atoms with van der Waals surface area (Å²) in [6.07, 6.45) is 1.67. The molecule has 9 heteroatoms. The van der Waals surface area contributed by atoms with E-state index in [1.165, 1.54) is 23.1 Å². The fraction of sp³-hybridized carbons (Fsp3) is 0.120. The molecule has 0 aliphatic heterocycles. The quantitative estimate of drug-likeness (QED) is 0.200. The van der Waals surface area contributed by atoms with Crippen molar-refractivity contribution in [1.29, 1.82) is 0 Å². The van der Waals surface area contributed by atoms with Gasteiger partial charge in [0.2, 0.25) is 0 Å². The van der Waals surface area contributed by atoms with Crippen molar-refractivity contribution in [3.63, 3.8) is 0 Å². The van der Waals surface area contributed by atoms with Gasteiger partial charge in [-0.2, -0.15) is 0 Å². The van der Waals surface area contributed by atoms with Crippen LogP contribution in [-0.2, 0) is 12.3 Å². The molecule has 3 heterocycles. The van der Waals surface area contributed by atoms with Crippen molar-refractivity contribution in [2.45, 2.75) is 17.5 Å². The predicted molar refractivity (Wildman–Crippen MR) is 138 cm³/mol. The first-order valence-electron chi connectivity index (χ1n) is 10.5. The van der Waals surface area contributed by atoms with Crippen LogP contribution in [0.4, 0.5) is 0 Å². The second kappa shape index (κ2) is 9.28. The maximum absolute atomic E-state index is 12.9. The number of nitrogens with zero attached hydrogens (tertiary/aromatic N) is 3. The molecule has 170 valence electrons. The van der Waals surface area contributed by atoms with Gasteiger partial charge >= 0.3 is 0 Å². The van der Waals surface area contributed by atoms with Gasteiger partial charge in [-0.25, -0.2) is 9.97 Å². The first kappa shape index (κ1) is 22.1. The van der Waals surface area contributed by atoms with E-state index >= 15 is 0 Å². The summed E-state index contributed by atoms with van der Waals surface area (Å²) in [5, 5.41) is 1.11. The van der Waals surface area contributed by atoms with Crippen LogP contribution in [0.25, 0.3) is 31.6 Å². The van der Waals surface area contributed by atoms with Gasteiger partial charge in [-0.1, -0.05) is 30.0 Å². The highest BCUT2D eigenvalue weighted by atomic mass is 32.2. The third-order valence-electron chi connectivity index (χ3n) is 5.28. The SMILES string of the molecule is C=CCn1c(SCc2nc3cc(-c4ccc(OC)cc4)sc3c(=O)[nH]2)nc2ccccc2c1=O. The number of thiophene rings is 1. The third-order valence-corrected chi connectivity index (χ3v) is 7.44. The normalized spacial score (nSPS) is 11.2. The Labute approximate surface area is 202 Å². The molecule has 0 aliphatic carbocycles. The number of hydrogen-bond acceptors (Lipinski definition) is 7. The standard InChI is InChI=1S/C25H20N4O3S2/c1-3-12-29-24(31)17-6-4-5-7-18(17)27-25(29)33-14-21-26-19-13-20(34-22(19)23(30)28-21)15-8-10-16(32-2)11-9-15/h3-11,13H,1,12,14H2,2H3,(H,26,28,30).